The first-order valence-corrected chi connectivity index (χ1v) is 10.2. The Morgan fingerprint density at radius 1 is 0.935 bits per heavy atom. The molecular formula is C25H25ClO5. The molecule has 0 aliphatic carbocycles. The fourth-order valence-electron chi connectivity index (χ4n) is 3.28. The third-order valence-corrected chi connectivity index (χ3v) is 5.41. The van der Waals surface area contributed by atoms with Gasteiger partial charge in [0.1, 0.15) is 24.7 Å². The summed E-state index contributed by atoms with van der Waals surface area (Å²) in [5.41, 5.74) is 1.10. The third kappa shape index (κ3) is 5.19. The zero-order valence-electron chi connectivity index (χ0n) is 17.7. The average molecular weight is 441 g/mol. The molecular weight excluding hydrogens is 416 g/mol. The van der Waals surface area contributed by atoms with Crippen LogP contribution >= 0.6 is 11.6 Å². The molecule has 3 aromatic carbocycles. The van der Waals surface area contributed by atoms with Gasteiger partial charge >= 0.3 is 5.97 Å². The molecule has 0 aromatic heterocycles. The summed E-state index contributed by atoms with van der Waals surface area (Å²) >= 11 is 6.29. The summed E-state index contributed by atoms with van der Waals surface area (Å²) in [6.07, 6.45) is 0. The van der Waals surface area contributed by atoms with Crippen LogP contribution in [0, 0.1) is 13.8 Å². The van der Waals surface area contributed by atoms with Crippen molar-refractivity contribution in [3.63, 3.8) is 0 Å². The Hall–Kier alpha value is -3.02. The van der Waals surface area contributed by atoms with Gasteiger partial charge in [-0.05, 0) is 61.7 Å². The monoisotopic (exact) mass is 440 g/mol. The fraction of sp³-hybridized carbons (Fsp3) is 0.240. The van der Waals surface area contributed by atoms with Crippen molar-refractivity contribution in [2.45, 2.75) is 39.6 Å². The van der Waals surface area contributed by atoms with Crippen LogP contribution < -0.4 is 9.47 Å². The molecule has 0 saturated heterocycles. The van der Waals surface area contributed by atoms with E-state index in [9.17, 15) is 15.0 Å². The van der Waals surface area contributed by atoms with Gasteiger partial charge in [-0.1, -0.05) is 48.0 Å². The number of carboxylic acids is 1. The van der Waals surface area contributed by atoms with E-state index in [-0.39, 0.29) is 18.8 Å². The van der Waals surface area contributed by atoms with Crippen LogP contribution in [0.25, 0.3) is 0 Å². The van der Waals surface area contributed by atoms with Gasteiger partial charge in [-0.15, -0.1) is 0 Å². The van der Waals surface area contributed by atoms with Gasteiger partial charge in [0, 0.05) is 16.1 Å². The van der Waals surface area contributed by atoms with Crippen LogP contribution in [0.2, 0.25) is 5.02 Å². The average Bonchev–Trinajstić information content (AvgIpc) is 2.73. The van der Waals surface area contributed by atoms with E-state index in [2.05, 4.69) is 0 Å². The molecule has 1 unspecified atom stereocenters. The highest BCUT2D eigenvalue weighted by molar-refractivity contribution is 6.30. The first-order chi connectivity index (χ1) is 14.7. The molecule has 0 aliphatic heterocycles. The fourth-order valence-corrected chi connectivity index (χ4v) is 3.52. The topological polar surface area (TPSA) is 76.0 Å². The summed E-state index contributed by atoms with van der Waals surface area (Å²) in [5, 5.41) is 20.6. The number of aryl methyl sites for hydroxylation is 2. The number of halogens is 1. The molecule has 0 heterocycles. The van der Waals surface area contributed by atoms with Crippen molar-refractivity contribution in [2.24, 2.45) is 0 Å². The molecule has 162 valence electrons. The van der Waals surface area contributed by atoms with Gasteiger partial charge < -0.3 is 19.7 Å². The van der Waals surface area contributed by atoms with Gasteiger partial charge in [0.2, 0.25) is 0 Å². The van der Waals surface area contributed by atoms with Crippen molar-refractivity contribution in [2.75, 3.05) is 0 Å². The maximum absolute atomic E-state index is 11.8. The molecule has 5 nitrogen and oxygen atoms in total. The lowest BCUT2D eigenvalue weighted by molar-refractivity contribution is -0.157. The number of carboxylic acid groups (broad SMARTS) is 1. The van der Waals surface area contributed by atoms with Gasteiger partial charge in [0.15, 0.2) is 5.60 Å². The summed E-state index contributed by atoms with van der Waals surface area (Å²) < 4.78 is 12.0. The largest absolute Gasteiger partial charge is 0.489 e. The number of hydrogen-bond acceptors (Lipinski definition) is 4. The molecule has 0 fully saturated rings. The van der Waals surface area contributed by atoms with Crippen molar-refractivity contribution in [1.29, 1.82) is 0 Å². The molecule has 31 heavy (non-hydrogen) atoms. The van der Waals surface area contributed by atoms with Crippen LogP contribution in [0.3, 0.4) is 0 Å². The van der Waals surface area contributed by atoms with E-state index in [0.717, 1.165) is 11.1 Å². The van der Waals surface area contributed by atoms with Crippen molar-refractivity contribution >= 4 is 17.6 Å². The van der Waals surface area contributed by atoms with E-state index in [1.54, 1.807) is 6.07 Å². The summed E-state index contributed by atoms with van der Waals surface area (Å²) in [7, 11) is 0. The number of aliphatic carboxylic acids is 1. The van der Waals surface area contributed by atoms with E-state index in [4.69, 9.17) is 21.1 Å². The van der Waals surface area contributed by atoms with Crippen LogP contribution in [-0.4, -0.2) is 16.2 Å². The Kier molecular flexibility index (Phi) is 6.88. The number of aliphatic hydroxyl groups is 1. The molecule has 3 rings (SSSR count). The standard InChI is InChI=1S/C25H25ClO5/c1-16-8-4-6-10-22(16)30-14-18-12-19(26)13-21(25(3,29)24(27)28)20(18)15-31-23-11-7-5-9-17(23)2/h4-13,29H,14-15H2,1-3H3,(H,27,28). The van der Waals surface area contributed by atoms with Crippen molar-refractivity contribution in [1.82, 2.24) is 0 Å². The van der Waals surface area contributed by atoms with Gasteiger partial charge in [-0.3, -0.25) is 0 Å². The number of ether oxygens (including phenoxy) is 2. The molecule has 0 aliphatic rings. The summed E-state index contributed by atoms with van der Waals surface area (Å²) in [4.78, 5) is 11.8. The van der Waals surface area contributed by atoms with Crippen LogP contribution in [0.4, 0.5) is 0 Å². The van der Waals surface area contributed by atoms with Gasteiger partial charge in [0.05, 0.1) is 0 Å². The first kappa shape index (κ1) is 22.7. The van der Waals surface area contributed by atoms with Crippen LogP contribution in [-0.2, 0) is 23.6 Å². The Labute approximate surface area is 186 Å². The maximum Gasteiger partial charge on any atom is 0.340 e. The predicted molar refractivity (Wildman–Crippen MR) is 120 cm³/mol. The lowest BCUT2D eigenvalue weighted by Gasteiger charge is -2.25. The van der Waals surface area contributed by atoms with E-state index < -0.39 is 11.6 Å². The second-order valence-electron chi connectivity index (χ2n) is 7.58. The number of benzene rings is 3. The minimum Gasteiger partial charge on any atom is -0.489 e. The minimum absolute atomic E-state index is 0.0489. The normalized spacial score (nSPS) is 12.8. The zero-order chi connectivity index (χ0) is 22.6. The van der Waals surface area contributed by atoms with Crippen molar-refractivity contribution in [3.8, 4) is 11.5 Å². The SMILES string of the molecule is Cc1ccccc1OCc1cc(Cl)cc(C(C)(O)C(=O)O)c1COc1ccccc1C. The van der Waals surface area contributed by atoms with Crippen molar-refractivity contribution in [3.05, 3.63) is 93.5 Å². The molecule has 0 bridgehead atoms. The summed E-state index contributed by atoms with van der Waals surface area (Å²) in [6, 6.07) is 18.3. The van der Waals surface area contributed by atoms with Gasteiger partial charge in [0.25, 0.3) is 0 Å². The van der Waals surface area contributed by atoms with Gasteiger partial charge in [-0.25, -0.2) is 4.79 Å². The highest BCUT2D eigenvalue weighted by atomic mass is 35.5. The molecule has 1 atom stereocenters. The third-order valence-electron chi connectivity index (χ3n) is 5.19. The lowest BCUT2D eigenvalue weighted by Crippen LogP contribution is -2.33. The smallest absolute Gasteiger partial charge is 0.340 e. The quantitative estimate of drug-likeness (QED) is 0.490. The predicted octanol–water partition coefficient (Wildman–Crippen LogP) is 5.41. The molecule has 6 heteroatoms. The lowest BCUT2D eigenvalue weighted by atomic mass is 9.89. The zero-order valence-corrected chi connectivity index (χ0v) is 18.4. The molecule has 3 aromatic rings. The molecule has 0 spiro atoms. The van der Waals surface area contributed by atoms with E-state index in [0.29, 0.717) is 27.6 Å². The van der Waals surface area contributed by atoms with Crippen molar-refractivity contribution < 1.29 is 24.5 Å². The van der Waals surface area contributed by atoms with Gasteiger partial charge in [-0.2, -0.15) is 0 Å². The Balaban J connectivity index is 2.01. The number of hydrogen-bond donors (Lipinski definition) is 2. The number of para-hydroxylation sites is 2. The summed E-state index contributed by atoms with van der Waals surface area (Å²) in [5.74, 6) is 0.00149. The Bertz CT molecular complexity index is 1090. The van der Waals surface area contributed by atoms with E-state index in [1.165, 1.54) is 13.0 Å². The minimum atomic E-state index is -2.15. The molecule has 2 N–H and O–H groups in total. The summed E-state index contributed by atoms with van der Waals surface area (Å²) in [6.45, 7) is 5.28. The highest BCUT2D eigenvalue weighted by Crippen LogP contribution is 2.33. The first-order valence-electron chi connectivity index (χ1n) is 9.84. The molecule has 0 saturated carbocycles. The van der Waals surface area contributed by atoms with E-state index >= 15 is 0 Å². The second kappa shape index (κ2) is 9.41. The number of rotatable bonds is 8. The maximum atomic E-state index is 11.8. The Morgan fingerprint density at radius 2 is 1.45 bits per heavy atom. The highest BCUT2D eigenvalue weighted by Gasteiger charge is 2.36. The van der Waals surface area contributed by atoms with Crippen LogP contribution in [0.15, 0.2) is 60.7 Å². The molecule has 0 radical (unpaired) electrons. The number of carbonyl (C=O) groups is 1. The van der Waals surface area contributed by atoms with Crippen LogP contribution in [0.5, 0.6) is 11.5 Å². The Morgan fingerprint density at radius 3 is 1.97 bits per heavy atom. The van der Waals surface area contributed by atoms with Crippen LogP contribution in [0.1, 0.15) is 34.7 Å². The second-order valence-corrected chi connectivity index (χ2v) is 8.01. The molecule has 0 amide bonds. The van der Waals surface area contributed by atoms with E-state index in [1.807, 2.05) is 62.4 Å².